The van der Waals surface area contributed by atoms with Gasteiger partial charge in [0.25, 0.3) is 5.96 Å². The van der Waals surface area contributed by atoms with Crippen molar-refractivity contribution < 1.29 is 0 Å². The third kappa shape index (κ3) is 0.661. The zero-order chi connectivity index (χ0) is 6.81. The first-order valence-corrected chi connectivity index (χ1v) is 2.62. The van der Waals surface area contributed by atoms with Crippen molar-refractivity contribution >= 4 is 12.3 Å². The van der Waals surface area contributed by atoms with Crippen LogP contribution < -0.4 is 5.43 Å². The molecule has 6 nitrogen and oxygen atoms in total. The van der Waals surface area contributed by atoms with Crippen LogP contribution in [0.4, 0.5) is 0 Å². The van der Waals surface area contributed by atoms with Crippen molar-refractivity contribution in [2.75, 3.05) is 0 Å². The number of aliphatic imine (C=N–C) groups is 1. The predicted molar refractivity (Wildman–Crippen MR) is 33.5 cm³/mol. The van der Waals surface area contributed by atoms with Gasteiger partial charge >= 0.3 is 0 Å². The standard InChI is InChI=1S/C4H3N6/c1-5-4(9-6-1)10-2-7-8-3-10/h1-3H. The van der Waals surface area contributed by atoms with Gasteiger partial charge in [-0.1, -0.05) is 0 Å². The monoisotopic (exact) mass is 135 g/mol. The summed E-state index contributed by atoms with van der Waals surface area (Å²) >= 11 is 0. The summed E-state index contributed by atoms with van der Waals surface area (Å²) in [4.78, 5) is 3.82. The van der Waals surface area contributed by atoms with Gasteiger partial charge in [0.1, 0.15) is 19.0 Å². The summed E-state index contributed by atoms with van der Waals surface area (Å²) in [5.74, 6) is 0.491. The molecule has 0 aromatic carbocycles. The molecule has 0 spiro atoms. The van der Waals surface area contributed by atoms with Gasteiger partial charge in [0.2, 0.25) is 0 Å². The van der Waals surface area contributed by atoms with Crippen molar-refractivity contribution in [3.05, 3.63) is 12.7 Å². The van der Waals surface area contributed by atoms with Crippen LogP contribution >= 0.6 is 0 Å². The van der Waals surface area contributed by atoms with E-state index in [2.05, 4.69) is 25.7 Å². The molecular formula is C4H3N6. The molecule has 0 aliphatic carbocycles. The van der Waals surface area contributed by atoms with Crippen molar-refractivity contribution in [3.63, 3.8) is 0 Å². The topological polar surface area (TPSA) is 69.5 Å². The maximum absolute atomic E-state index is 3.82. The first-order chi connectivity index (χ1) is 4.97. The average molecular weight is 135 g/mol. The van der Waals surface area contributed by atoms with E-state index in [4.69, 9.17) is 0 Å². The maximum atomic E-state index is 3.82. The largest absolute Gasteiger partial charge is 0.257 e. The molecule has 2 heterocycles. The number of hydrogen-bond acceptors (Lipinski definition) is 4. The van der Waals surface area contributed by atoms with Crippen LogP contribution in [0.3, 0.4) is 0 Å². The molecule has 6 heteroatoms. The Kier molecular flexibility index (Phi) is 0.970. The second kappa shape index (κ2) is 1.90. The third-order valence-corrected chi connectivity index (χ3v) is 1.02. The van der Waals surface area contributed by atoms with Crippen molar-refractivity contribution in [1.82, 2.24) is 20.2 Å². The molecular weight excluding hydrogens is 132 g/mol. The van der Waals surface area contributed by atoms with E-state index in [1.54, 1.807) is 4.57 Å². The predicted octanol–water partition coefficient (Wildman–Crippen LogP) is -0.957. The summed E-state index contributed by atoms with van der Waals surface area (Å²) < 4.78 is 1.58. The van der Waals surface area contributed by atoms with Gasteiger partial charge in [-0.2, -0.15) is 4.99 Å². The Morgan fingerprint density at radius 2 is 2.00 bits per heavy atom. The van der Waals surface area contributed by atoms with Crippen LogP contribution in [0.2, 0.25) is 0 Å². The van der Waals surface area contributed by atoms with E-state index >= 15 is 0 Å². The highest BCUT2D eigenvalue weighted by Gasteiger charge is 2.02. The van der Waals surface area contributed by atoms with Gasteiger partial charge < -0.3 is 0 Å². The minimum Gasteiger partial charge on any atom is -0.254 e. The lowest BCUT2D eigenvalue weighted by atomic mass is 10.9. The smallest absolute Gasteiger partial charge is 0.254 e. The minimum atomic E-state index is 0.491. The highest BCUT2D eigenvalue weighted by atomic mass is 15.4. The fourth-order valence-corrected chi connectivity index (χ4v) is 0.603. The fourth-order valence-electron chi connectivity index (χ4n) is 0.603. The molecule has 0 fully saturated rings. The molecule has 1 aliphatic heterocycles. The summed E-state index contributed by atoms with van der Waals surface area (Å²) in [6.07, 6.45) is 4.39. The van der Waals surface area contributed by atoms with Crippen LogP contribution in [0.25, 0.3) is 0 Å². The van der Waals surface area contributed by atoms with Gasteiger partial charge in [-0.15, -0.1) is 20.7 Å². The Labute approximate surface area is 56.3 Å². The van der Waals surface area contributed by atoms with Gasteiger partial charge in [0.05, 0.1) is 0 Å². The molecule has 2 rings (SSSR count). The van der Waals surface area contributed by atoms with Crippen molar-refractivity contribution in [2.24, 2.45) is 10.1 Å². The lowest BCUT2D eigenvalue weighted by molar-refractivity contribution is 1.01. The van der Waals surface area contributed by atoms with Gasteiger partial charge in [-0.3, -0.25) is 4.57 Å². The Hall–Kier alpha value is -1.72. The van der Waals surface area contributed by atoms with E-state index < -0.39 is 0 Å². The zero-order valence-electron chi connectivity index (χ0n) is 4.92. The second-order valence-electron chi connectivity index (χ2n) is 1.63. The van der Waals surface area contributed by atoms with Crippen molar-refractivity contribution in [3.8, 4) is 0 Å². The summed E-state index contributed by atoms with van der Waals surface area (Å²) in [5, 5.41) is 10.8. The first kappa shape index (κ1) is 5.10. The summed E-state index contributed by atoms with van der Waals surface area (Å²) in [6.45, 7) is 0. The number of rotatable bonds is 0. The lowest BCUT2D eigenvalue weighted by Crippen LogP contribution is -2.03. The van der Waals surface area contributed by atoms with Gasteiger partial charge in [-0.25, -0.2) is 0 Å². The van der Waals surface area contributed by atoms with E-state index in [1.165, 1.54) is 19.0 Å². The van der Waals surface area contributed by atoms with Gasteiger partial charge in [-0.05, 0) is 0 Å². The molecule has 0 unspecified atom stereocenters. The Morgan fingerprint density at radius 3 is 2.60 bits per heavy atom. The van der Waals surface area contributed by atoms with Crippen LogP contribution in [0.5, 0.6) is 0 Å². The summed E-state index contributed by atoms with van der Waals surface area (Å²) in [7, 11) is 0. The number of hydrogen-bond donors (Lipinski definition) is 0. The molecule has 0 bridgehead atoms. The quantitative estimate of drug-likeness (QED) is 0.460. The van der Waals surface area contributed by atoms with E-state index in [9.17, 15) is 0 Å². The molecule has 0 saturated heterocycles. The zero-order valence-corrected chi connectivity index (χ0v) is 4.92. The van der Waals surface area contributed by atoms with E-state index in [1.807, 2.05) is 0 Å². The molecule has 1 aliphatic rings. The van der Waals surface area contributed by atoms with Crippen LogP contribution in [-0.2, 0) is 0 Å². The molecule has 10 heavy (non-hydrogen) atoms. The molecule has 49 valence electrons. The number of nitrogens with zero attached hydrogens (tertiary/aromatic N) is 6. The molecule has 1 aromatic rings. The Morgan fingerprint density at radius 1 is 1.20 bits per heavy atom. The molecule has 0 saturated carbocycles. The van der Waals surface area contributed by atoms with Gasteiger partial charge in [0.15, 0.2) is 0 Å². The summed E-state index contributed by atoms with van der Waals surface area (Å²) in [5.41, 5.74) is 3.54. The van der Waals surface area contributed by atoms with Crippen molar-refractivity contribution in [1.29, 1.82) is 0 Å². The second-order valence-corrected chi connectivity index (χ2v) is 1.63. The molecule has 1 radical (unpaired) electrons. The van der Waals surface area contributed by atoms with Crippen LogP contribution in [0.1, 0.15) is 0 Å². The minimum absolute atomic E-state index is 0.491. The highest BCUT2D eigenvalue weighted by molar-refractivity contribution is 5.91. The molecule has 0 amide bonds. The van der Waals surface area contributed by atoms with Crippen LogP contribution in [-0.4, -0.2) is 27.1 Å². The van der Waals surface area contributed by atoms with E-state index in [-0.39, 0.29) is 0 Å². The first-order valence-electron chi connectivity index (χ1n) is 2.62. The highest BCUT2D eigenvalue weighted by Crippen LogP contribution is 1.89. The normalized spacial score (nSPS) is 15.0. The van der Waals surface area contributed by atoms with Crippen LogP contribution in [0.15, 0.2) is 22.7 Å². The van der Waals surface area contributed by atoms with Crippen LogP contribution in [0, 0.1) is 0 Å². The molecule has 0 atom stereocenters. The lowest BCUT2D eigenvalue weighted by Gasteiger charge is -1.89. The number of aromatic nitrogens is 3. The van der Waals surface area contributed by atoms with E-state index in [0.29, 0.717) is 5.96 Å². The average Bonchev–Trinajstić information content (AvgIpc) is 2.59. The molecule has 1 aromatic heterocycles. The Balaban J connectivity index is 2.36. The molecule has 0 N–H and O–H groups in total. The SMILES string of the molecule is C1=NC(n2cnnc2)=N[N]1. The van der Waals surface area contributed by atoms with Gasteiger partial charge in [0, 0.05) is 0 Å². The fraction of sp³-hybridized carbons (Fsp3) is 0. The van der Waals surface area contributed by atoms with Crippen molar-refractivity contribution in [2.45, 2.75) is 0 Å². The maximum Gasteiger partial charge on any atom is 0.257 e. The third-order valence-electron chi connectivity index (χ3n) is 1.02. The Bertz CT molecular complexity index is 270. The van der Waals surface area contributed by atoms with E-state index in [0.717, 1.165) is 0 Å². The summed E-state index contributed by atoms with van der Waals surface area (Å²) in [6, 6.07) is 0.